The molecule has 2 amide bonds. The number of carbonyl (C=O) groups excluding carboxylic acids is 2. The van der Waals surface area contributed by atoms with E-state index in [-0.39, 0.29) is 31.0 Å². The van der Waals surface area contributed by atoms with Crippen LogP contribution in [-0.4, -0.2) is 70.3 Å². The van der Waals surface area contributed by atoms with Gasteiger partial charge in [0.15, 0.2) is 0 Å². The van der Waals surface area contributed by atoms with Gasteiger partial charge in [-0.15, -0.1) is 0 Å². The summed E-state index contributed by atoms with van der Waals surface area (Å²) in [6, 6.07) is 7.49. The zero-order valence-corrected chi connectivity index (χ0v) is 15.7. The fraction of sp³-hybridized carbons (Fsp3) is 0.526. The van der Waals surface area contributed by atoms with E-state index in [1.807, 2.05) is 35.8 Å². The normalized spacial score (nSPS) is 20.0. The van der Waals surface area contributed by atoms with E-state index in [4.69, 9.17) is 4.74 Å². The number of likely N-dealkylation sites (tertiary alicyclic amines) is 1. The van der Waals surface area contributed by atoms with Gasteiger partial charge in [-0.05, 0) is 25.5 Å². The van der Waals surface area contributed by atoms with E-state index in [9.17, 15) is 14.7 Å². The molecule has 0 bridgehead atoms. The smallest absolute Gasteiger partial charge is 0.248 e. The first-order valence-electron chi connectivity index (χ1n) is 9.15. The molecular weight excluding hydrogens is 348 g/mol. The van der Waals surface area contributed by atoms with Crippen molar-refractivity contribution >= 4 is 22.8 Å². The maximum absolute atomic E-state index is 12.4. The first-order valence-corrected chi connectivity index (χ1v) is 9.15. The molecule has 8 nitrogen and oxygen atoms in total. The number of carbonyl (C=O) groups is 2. The van der Waals surface area contributed by atoms with Gasteiger partial charge in [0.05, 0.1) is 23.2 Å². The molecule has 2 aromatic rings. The first-order chi connectivity index (χ1) is 13.0. The third kappa shape index (κ3) is 4.45. The van der Waals surface area contributed by atoms with Crippen molar-refractivity contribution in [2.24, 2.45) is 0 Å². The number of ether oxygens (including phenoxy) is 1. The van der Waals surface area contributed by atoms with Crippen LogP contribution in [-0.2, 0) is 20.9 Å². The summed E-state index contributed by atoms with van der Waals surface area (Å²) in [5.74, 6) is 0.602. The standard InChI is InChI=1S/C19H26N4O4/c1-13-20-14-5-3-4-6-16(14)23(13)10-8-18(25)21-15-7-9-22(11-17(15)24)19(26)12-27-2/h3-6,15,17,24H,7-12H2,1-2H3,(H,21,25)/t15-,17-/m1/s1. The van der Waals surface area contributed by atoms with E-state index in [0.717, 1.165) is 16.9 Å². The van der Waals surface area contributed by atoms with Crippen LogP contribution in [0, 0.1) is 6.92 Å². The summed E-state index contributed by atoms with van der Waals surface area (Å²) < 4.78 is 6.87. The minimum absolute atomic E-state index is 0.00194. The van der Waals surface area contributed by atoms with Crippen LogP contribution in [0.2, 0.25) is 0 Å². The topological polar surface area (TPSA) is 96.7 Å². The number of nitrogens with zero attached hydrogens (tertiary/aromatic N) is 3. The Morgan fingerprint density at radius 2 is 2.15 bits per heavy atom. The highest BCUT2D eigenvalue weighted by molar-refractivity contribution is 5.79. The number of nitrogens with one attached hydrogen (secondary N) is 1. The summed E-state index contributed by atoms with van der Waals surface area (Å²) in [6.07, 6.45) is 0.0471. The number of aromatic nitrogens is 2. The lowest BCUT2D eigenvalue weighted by Crippen LogP contribution is -2.55. The highest BCUT2D eigenvalue weighted by Crippen LogP contribution is 2.16. The van der Waals surface area contributed by atoms with Gasteiger partial charge in [0.25, 0.3) is 0 Å². The fourth-order valence-corrected chi connectivity index (χ4v) is 3.51. The lowest BCUT2D eigenvalue weighted by molar-refractivity contribution is -0.139. The third-order valence-electron chi connectivity index (χ3n) is 4.96. The van der Waals surface area contributed by atoms with Crippen molar-refractivity contribution in [2.45, 2.75) is 38.5 Å². The molecule has 146 valence electrons. The van der Waals surface area contributed by atoms with Crippen molar-refractivity contribution in [1.82, 2.24) is 19.8 Å². The van der Waals surface area contributed by atoms with Crippen LogP contribution in [0.4, 0.5) is 0 Å². The monoisotopic (exact) mass is 374 g/mol. The molecule has 1 saturated heterocycles. The summed E-state index contributed by atoms with van der Waals surface area (Å²) >= 11 is 0. The average molecular weight is 374 g/mol. The largest absolute Gasteiger partial charge is 0.389 e. The summed E-state index contributed by atoms with van der Waals surface area (Å²) in [7, 11) is 1.46. The number of aliphatic hydroxyl groups is 1. The van der Waals surface area contributed by atoms with Crippen LogP contribution < -0.4 is 5.32 Å². The molecule has 2 heterocycles. The third-order valence-corrected chi connectivity index (χ3v) is 4.96. The van der Waals surface area contributed by atoms with Gasteiger partial charge in [0.1, 0.15) is 12.4 Å². The molecule has 1 aromatic heterocycles. The van der Waals surface area contributed by atoms with E-state index in [0.29, 0.717) is 25.9 Å². The van der Waals surface area contributed by atoms with Gasteiger partial charge in [-0.2, -0.15) is 0 Å². The van der Waals surface area contributed by atoms with Crippen molar-refractivity contribution in [1.29, 1.82) is 0 Å². The maximum Gasteiger partial charge on any atom is 0.248 e. The molecule has 3 rings (SSSR count). The van der Waals surface area contributed by atoms with E-state index < -0.39 is 6.10 Å². The lowest BCUT2D eigenvalue weighted by Gasteiger charge is -2.36. The zero-order valence-electron chi connectivity index (χ0n) is 15.7. The Kier molecular flexibility index (Phi) is 6.08. The molecule has 8 heteroatoms. The number of piperidine rings is 1. The summed E-state index contributed by atoms with van der Waals surface area (Å²) in [5.41, 5.74) is 1.92. The number of imidazole rings is 1. The molecular formula is C19H26N4O4. The van der Waals surface area contributed by atoms with Gasteiger partial charge < -0.3 is 24.6 Å². The number of amides is 2. The van der Waals surface area contributed by atoms with Crippen LogP contribution in [0.1, 0.15) is 18.7 Å². The van der Waals surface area contributed by atoms with Crippen LogP contribution in [0.5, 0.6) is 0 Å². The molecule has 1 aromatic carbocycles. The molecule has 0 saturated carbocycles. The molecule has 0 spiro atoms. The molecule has 2 N–H and O–H groups in total. The lowest BCUT2D eigenvalue weighted by atomic mass is 10.0. The second kappa shape index (κ2) is 8.49. The number of rotatable bonds is 6. The Balaban J connectivity index is 1.52. The quantitative estimate of drug-likeness (QED) is 0.766. The van der Waals surface area contributed by atoms with Crippen molar-refractivity contribution in [2.75, 3.05) is 26.8 Å². The highest BCUT2D eigenvalue weighted by atomic mass is 16.5. The minimum atomic E-state index is -0.778. The number of benzene rings is 1. The number of para-hydroxylation sites is 2. The average Bonchev–Trinajstić information content (AvgIpc) is 2.97. The second-order valence-electron chi connectivity index (χ2n) is 6.85. The first kappa shape index (κ1) is 19.3. The number of aliphatic hydroxyl groups excluding tert-OH is 1. The molecule has 0 radical (unpaired) electrons. The van der Waals surface area contributed by atoms with Gasteiger partial charge in [-0.1, -0.05) is 12.1 Å². The Morgan fingerprint density at radius 1 is 1.37 bits per heavy atom. The number of β-amino-alcohol motifs (C(OH)–C–C–N with tert-alkyl or cyclic N) is 1. The maximum atomic E-state index is 12.4. The van der Waals surface area contributed by atoms with E-state index in [1.54, 1.807) is 4.90 Å². The SMILES string of the molecule is COCC(=O)N1CC[C@@H](NC(=O)CCn2c(C)nc3ccccc32)[C@H](O)C1. The molecule has 27 heavy (non-hydrogen) atoms. The highest BCUT2D eigenvalue weighted by Gasteiger charge is 2.30. The van der Waals surface area contributed by atoms with Crippen molar-refractivity contribution in [3.8, 4) is 0 Å². The van der Waals surface area contributed by atoms with Gasteiger partial charge in [-0.25, -0.2) is 4.98 Å². The fourth-order valence-electron chi connectivity index (χ4n) is 3.51. The number of hydrogen-bond donors (Lipinski definition) is 2. The van der Waals surface area contributed by atoms with Crippen molar-refractivity contribution in [3.05, 3.63) is 30.1 Å². The van der Waals surface area contributed by atoms with Gasteiger partial charge in [0, 0.05) is 33.2 Å². The van der Waals surface area contributed by atoms with Crippen LogP contribution in [0.15, 0.2) is 24.3 Å². The molecule has 1 aliphatic heterocycles. The van der Waals surface area contributed by atoms with Crippen LogP contribution >= 0.6 is 0 Å². The Bertz CT molecular complexity index is 819. The predicted octanol–water partition coefficient (Wildman–Crippen LogP) is 0.459. The molecule has 0 aliphatic carbocycles. The minimum Gasteiger partial charge on any atom is -0.389 e. The summed E-state index contributed by atoms with van der Waals surface area (Å²) in [5, 5.41) is 13.2. The van der Waals surface area contributed by atoms with Crippen molar-refractivity contribution < 1.29 is 19.4 Å². The van der Waals surface area contributed by atoms with Gasteiger partial charge >= 0.3 is 0 Å². The zero-order chi connectivity index (χ0) is 19.4. The van der Waals surface area contributed by atoms with Crippen LogP contribution in [0.3, 0.4) is 0 Å². The predicted molar refractivity (Wildman–Crippen MR) is 100 cm³/mol. The Morgan fingerprint density at radius 3 is 2.89 bits per heavy atom. The summed E-state index contributed by atoms with van der Waals surface area (Å²) in [6.45, 7) is 3.16. The van der Waals surface area contributed by atoms with E-state index >= 15 is 0 Å². The molecule has 1 fully saturated rings. The van der Waals surface area contributed by atoms with E-state index in [2.05, 4.69) is 10.3 Å². The Labute approximate surface area is 158 Å². The van der Waals surface area contributed by atoms with Gasteiger partial charge in [-0.3, -0.25) is 9.59 Å². The second-order valence-corrected chi connectivity index (χ2v) is 6.85. The number of hydrogen-bond acceptors (Lipinski definition) is 5. The molecule has 1 aliphatic rings. The molecule has 2 atom stereocenters. The summed E-state index contributed by atoms with van der Waals surface area (Å²) in [4.78, 5) is 30.3. The van der Waals surface area contributed by atoms with Crippen molar-refractivity contribution in [3.63, 3.8) is 0 Å². The van der Waals surface area contributed by atoms with E-state index in [1.165, 1.54) is 7.11 Å². The number of fused-ring (bicyclic) bond motifs is 1. The Hall–Kier alpha value is -2.45. The molecule has 0 unspecified atom stereocenters. The number of methoxy groups -OCH3 is 1. The van der Waals surface area contributed by atoms with Gasteiger partial charge in [0.2, 0.25) is 11.8 Å². The van der Waals surface area contributed by atoms with Crippen LogP contribution in [0.25, 0.3) is 11.0 Å². The number of aryl methyl sites for hydroxylation is 2.